The number of rotatable bonds is 7. The van der Waals surface area contributed by atoms with E-state index >= 15 is 0 Å². The summed E-state index contributed by atoms with van der Waals surface area (Å²) in [4.78, 5) is 0. The predicted octanol–water partition coefficient (Wildman–Crippen LogP) is 4.42. The van der Waals surface area contributed by atoms with Gasteiger partial charge in [-0.1, -0.05) is 38.0 Å². The Hall–Kier alpha value is -1.44. The molecule has 1 atom stereocenters. The molecule has 0 saturated carbocycles. The van der Waals surface area contributed by atoms with Crippen molar-refractivity contribution in [2.75, 3.05) is 13.7 Å². The van der Waals surface area contributed by atoms with Crippen LogP contribution in [0.25, 0.3) is 10.8 Å². The molecular weight excluding hydrogens is 271 g/mol. The fourth-order valence-corrected chi connectivity index (χ4v) is 2.96. The number of fused-ring (bicyclic) bond motifs is 1. The topological polar surface area (TPSA) is 35.5 Å². The molecule has 0 aliphatic carbocycles. The lowest BCUT2D eigenvalue weighted by Gasteiger charge is -2.09. The number of hydrogen-bond acceptors (Lipinski definition) is 3. The maximum absolute atomic E-state index is 11.9. The first kappa shape index (κ1) is 15.0. The Morgan fingerprint density at radius 3 is 2.50 bits per heavy atom. The Labute approximate surface area is 120 Å². The second kappa shape index (κ2) is 7.37. The first-order valence-corrected chi connectivity index (χ1v) is 8.11. The van der Waals surface area contributed by atoms with E-state index in [1.165, 1.54) is 20.0 Å². The van der Waals surface area contributed by atoms with Crippen molar-refractivity contribution in [1.82, 2.24) is 0 Å². The van der Waals surface area contributed by atoms with Crippen molar-refractivity contribution in [3.05, 3.63) is 36.4 Å². The third-order valence-electron chi connectivity index (χ3n) is 3.23. The molecular formula is C16H20O3P+. The molecule has 20 heavy (non-hydrogen) atoms. The van der Waals surface area contributed by atoms with E-state index < -0.39 is 8.03 Å². The fraction of sp³-hybridized carbons (Fsp3) is 0.375. The molecule has 2 aromatic rings. The summed E-state index contributed by atoms with van der Waals surface area (Å²) >= 11 is 0. The average Bonchev–Trinajstić information content (AvgIpc) is 2.50. The van der Waals surface area contributed by atoms with Crippen LogP contribution in [0.15, 0.2) is 36.4 Å². The Morgan fingerprint density at radius 1 is 1.05 bits per heavy atom. The van der Waals surface area contributed by atoms with Gasteiger partial charge in [0.2, 0.25) is 5.30 Å². The second-order valence-electron chi connectivity index (χ2n) is 4.62. The largest absolute Gasteiger partial charge is 0.549 e. The van der Waals surface area contributed by atoms with Crippen LogP contribution in [0.2, 0.25) is 0 Å². The molecule has 2 rings (SSSR count). The summed E-state index contributed by atoms with van der Waals surface area (Å²) in [5, 5.41) is 2.64. The van der Waals surface area contributed by atoms with Crippen LogP contribution in [-0.2, 0) is 9.09 Å². The minimum absolute atomic E-state index is 0.716. The van der Waals surface area contributed by atoms with E-state index in [2.05, 4.69) is 6.92 Å². The third-order valence-corrected chi connectivity index (χ3v) is 4.34. The summed E-state index contributed by atoms with van der Waals surface area (Å²) in [6.07, 6.45) is 3.40. The van der Waals surface area contributed by atoms with Crippen LogP contribution < -0.4 is 10.0 Å². The molecule has 0 bridgehead atoms. The summed E-state index contributed by atoms with van der Waals surface area (Å²) in [5.41, 5.74) is 0. The summed E-state index contributed by atoms with van der Waals surface area (Å²) in [5.74, 6) is 0.847. The van der Waals surface area contributed by atoms with E-state index in [1.807, 2.05) is 36.4 Å². The minimum Gasteiger partial charge on any atom is -0.493 e. The van der Waals surface area contributed by atoms with Crippen molar-refractivity contribution in [2.24, 2.45) is 0 Å². The van der Waals surface area contributed by atoms with Crippen molar-refractivity contribution >= 4 is 24.1 Å². The van der Waals surface area contributed by atoms with Gasteiger partial charge in [0.25, 0.3) is 0 Å². The maximum atomic E-state index is 11.9. The lowest BCUT2D eigenvalue weighted by molar-refractivity contribution is 0.310. The van der Waals surface area contributed by atoms with Crippen LogP contribution in [0, 0.1) is 0 Å². The first-order chi connectivity index (χ1) is 9.77. The Morgan fingerprint density at radius 2 is 1.80 bits per heavy atom. The van der Waals surface area contributed by atoms with Gasteiger partial charge in [0.1, 0.15) is 5.75 Å². The lowest BCUT2D eigenvalue weighted by atomic mass is 10.1. The molecule has 0 amide bonds. The zero-order chi connectivity index (χ0) is 14.4. The molecule has 0 aliphatic heterocycles. The quantitative estimate of drug-likeness (QED) is 0.559. The van der Waals surface area contributed by atoms with E-state index in [-0.39, 0.29) is 0 Å². The van der Waals surface area contributed by atoms with Gasteiger partial charge >= 0.3 is 8.03 Å². The van der Waals surface area contributed by atoms with Crippen molar-refractivity contribution in [3.8, 4) is 5.75 Å². The van der Waals surface area contributed by atoms with Gasteiger partial charge in [-0.3, -0.25) is 0 Å². The fourth-order valence-electron chi connectivity index (χ4n) is 2.17. The molecule has 0 saturated heterocycles. The first-order valence-electron chi connectivity index (χ1n) is 6.93. The molecule has 0 radical (unpaired) electrons. The summed E-state index contributed by atoms with van der Waals surface area (Å²) in [6.45, 7) is 2.89. The molecule has 106 valence electrons. The summed E-state index contributed by atoms with van der Waals surface area (Å²) < 4.78 is 22.7. The average molecular weight is 291 g/mol. The van der Waals surface area contributed by atoms with Gasteiger partial charge in [-0.25, -0.2) is 0 Å². The van der Waals surface area contributed by atoms with E-state index in [0.29, 0.717) is 6.61 Å². The molecule has 1 unspecified atom stereocenters. The minimum atomic E-state index is -1.81. The second-order valence-corrected chi connectivity index (χ2v) is 5.98. The van der Waals surface area contributed by atoms with Gasteiger partial charge in [0, 0.05) is 10.8 Å². The highest BCUT2D eigenvalue weighted by molar-refractivity contribution is 7.49. The highest BCUT2D eigenvalue weighted by atomic mass is 31.1. The number of hydrogen-bond donors (Lipinski definition) is 0. The zero-order valence-electron chi connectivity index (χ0n) is 12.0. The molecule has 2 aromatic carbocycles. The molecule has 0 spiro atoms. The van der Waals surface area contributed by atoms with Crippen molar-refractivity contribution in [1.29, 1.82) is 0 Å². The molecule has 0 aliphatic rings. The van der Waals surface area contributed by atoms with Gasteiger partial charge in [0.15, 0.2) is 0 Å². The highest BCUT2D eigenvalue weighted by Gasteiger charge is 2.24. The SMILES string of the molecule is CCCCCOc1ccc([P+](=O)OC)c2ccccc12. The van der Waals surface area contributed by atoms with Gasteiger partial charge < -0.3 is 4.74 Å². The van der Waals surface area contributed by atoms with E-state index in [9.17, 15) is 4.57 Å². The summed E-state index contributed by atoms with van der Waals surface area (Å²) in [7, 11) is -0.349. The van der Waals surface area contributed by atoms with Crippen LogP contribution in [0.5, 0.6) is 5.75 Å². The highest BCUT2D eigenvalue weighted by Crippen LogP contribution is 2.31. The molecule has 0 fully saturated rings. The van der Waals surface area contributed by atoms with Crippen LogP contribution in [0.4, 0.5) is 0 Å². The molecule has 0 aromatic heterocycles. The standard InChI is InChI=1S/C16H20O3P/c1-3-4-7-12-19-15-10-11-16(20(17)18-2)14-9-6-5-8-13(14)15/h5-6,8-11H,3-4,7,12H2,1-2H3/q+1. The molecule has 4 heteroatoms. The van der Waals surface area contributed by atoms with Crippen LogP contribution in [-0.4, -0.2) is 13.7 Å². The Balaban J connectivity index is 2.31. The van der Waals surface area contributed by atoms with Crippen LogP contribution in [0.3, 0.4) is 0 Å². The zero-order valence-corrected chi connectivity index (χ0v) is 12.9. The van der Waals surface area contributed by atoms with Gasteiger partial charge in [0.05, 0.1) is 13.7 Å². The Bertz CT molecular complexity index is 595. The summed E-state index contributed by atoms with van der Waals surface area (Å²) in [6, 6.07) is 11.6. The predicted molar refractivity (Wildman–Crippen MR) is 83.2 cm³/mol. The van der Waals surface area contributed by atoms with Gasteiger partial charge in [-0.15, -0.1) is 4.52 Å². The van der Waals surface area contributed by atoms with Gasteiger partial charge in [-0.05, 0) is 29.2 Å². The third kappa shape index (κ3) is 3.36. The lowest BCUT2D eigenvalue weighted by Crippen LogP contribution is -2.03. The number of benzene rings is 2. The number of ether oxygens (including phenoxy) is 1. The van der Waals surface area contributed by atoms with E-state index in [1.54, 1.807) is 0 Å². The van der Waals surface area contributed by atoms with Gasteiger partial charge in [-0.2, -0.15) is 0 Å². The monoisotopic (exact) mass is 291 g/mol. The van der Waals surface area contributed by atoms with Crippen molar-refractivity contribution in [2.45, 2.75) is 26.2 Å². The normalized spacial score (nSPS) is 11.6. The molecule has 3 nitrogen and oxygen atoms in total. The van der Waals surface area contributed by atoms with Crippen LogP contribution >= 0.6 is 8.03 Å². The van der Waals surface area contributed by atoms with Crippen molar-refractivity contribution in [3.63, 3.8) is 0 Å². The van der Waals surface area contributed by atoms with E-state index in [4.69, 9.17) is 9.26 Å². The Kier molecular flexibility index (Phi) is 5.51. The number of unbranched alkanes of at least 4 members (excludes halogenated alkanes) is 2. The van der Waals surface area contributed by atoms with E-state index in [0.717, 1.165) is 28.2 Å². The smallest absolute Gasteiger partial charge is 0.493 e. The van der Waals surface area contributed by atoms with Crippen LogP contribution in [0.1, 0.15) is 26.2 Å². The van der Waals surface area contributed by atoms with Crippen molar-refractivity contribution < 1.29 is 13.8 Å². The molecule has 0 heterocycles. The maximum Gasteiger partial charge on any atom is 0.549 e. The molecule has 0 N–H and O–H groups in total.